The van der Waals surface area contributed by atoms with Crippen LogP contribution in [0.4, 0.5) is 0 Å². The van der Waals surface area contributed by atoms with Gasteiger partial charge in [0.2, 0.25) is 0 Å². The summed E-state index contributed by atoms with van der Waals surface area (Å²) in [6, 6.07) is 0. The molecule has 1 saturated carbocycles. The largest absolute Gasteiger partial charge is 0.396 e. The van der Waals surface area contributed by atoms with Crippen LogP contribution in [-0.4, -0.2) is 11.7 Å². The van der Waals surface area contributed by atoms with Crippen LogP contribution in [0.25, 0.3) is 0 Å². The second-order valence-electron chi connectivity index (χ2n) is 2.86. The molecule has 1 aliphatic rings. The van der Waals surface area contributed by atoms with Gasteiger partial charge in [-0.2, -0.15) is 0 Å². The first-order valence-electron chi connectivity index (χ1n) is 2.96. The third kappa shape index (κ3) is 0.671. The van der Waals surface area contributed by atoms with Gasteiger partial charge < -0.3 is 5.11 Å². The summed E-state index contributed by atoms with van der Waals surface area (Å²) in [5, 5.41) is 8.72. The van der Waals surface area contributed by atoms with E-state index in [-0.39, 0.29) is 5.41 Å². The van der Waals surface area contributed by atoms with Crippen molar-refractivity contribution in [2.45, 2.75) is 13.3 Å². The molecule has 2 atom stereocenters. The van der Waals surface area contributed by atoms with Crippen molar-refractivity contribution < 1.29 is 5.11 Å². The molecule has 1 heteroatoms. The Morgan fingerprint density at radius 1 is 2.00 bits per heavy atom. The van der Waals surface area contributed by atoms with E-state index < -0.39 is 0 Å². The van der Waals surface area contributed by atoms with E-state index in [0.29, 0.717) is 12.5 Å². The van der Waals surface area contributed by atoms with Gasteiger partial charge in [-0.05, 0) is 17.8 Å². The Morgan fingerprint density at radius 2 is 2.62 bits per heavy atom. The Kier molecular flexibility index (Phi) is 1.16. The van der Waals surface area contributed by atoms with Gasteiger partial charge in [0.05, 0.1) is 0 Å². The van der Waals surface area contributed by atoms with E-state index in [4.69, 9.17) is 5.11 Å². The minimum absolute atomic E-state index is 0.196. The molecular formula is C7H12O. The van der Waals surface area contributed by atoms with E-state index >= 15 is 0 Å². The van der Waals surface area contributed by atoms with Crippen LogP contribution >= 0.6 is 0 Å². The fraction of sp³-hybridized carbons (Fsp3) is 0.714. The maximum Gasteiger partial charge on any atom is 0.0490 e. The molecule has 1 nitrogen and oxygen atoms in total. The molecule has 0 aromatic rings. The molecule has 0 heterocycles. The molecule has 1 aliphatic carbocycles. The zero-order chi connectivity index (χ0) is 6.20. The van der Waals surface area contributed by atoms with Gasteiger partial charge in [0, 0.05) is 6.61 Å². The van der Waals surface area contributed by atoms with Crippen molar-refractivity contribution in [3.05, 3.63) is 12.7 Å². The molecule has 0 aromatic carbocycles. The second-order valence-corrected chi connectivity index (χ2v) is 2.86. The van der Waals surface area contributed by atoms with Crippen molar-refractivity contribution in [1.29, 1.82) is 0 Å². The number of aliphatic hydroxyl groups excluding tert-OH is 1. The zero-order valence-electron chi connectivity index (χ0n) is 5.22. The molecule has 1 fully saturated rings. The third-order valence-electron chi connectivity index (χ3n) is 2.07. The third-order valence-corrected chi connectivity index (χ3v) is 2.07. The number of hydrogen-bond acceptors (Lipinski definition) is 1. The lowest BCUT2D eigenvalue weighted by Crippen LogP contribution is -2.01. The van der Waals surface area contributed by atoms with Gasteiger partial charge >= 0.3 is 0 Å². The van der Waals surface area contributed by atoms with Gasteiger partial charge in [-0.1, -0.05) is 13.0 Å². The SMILES string of the molecule is C=C[C@@H]1C[C@@]1(C)CO. The molecule has 1 rings (SSSR count). The summed E-state index contributed by atoms with van der Waals surface area (Å²) in [5.74, 6) is 0.576. The molecule has 0 spiro atoms. The molecule has 0 bridgehead atoms. The molecular weight excluding hydrogens is 100 g/mol. The van der Waals surface area contributed by atoms with E-state index in [2.05, 4.69) is 13.5 Å². The molecule has 0 amide bonds. The number of rotatable bonds is 2. The van der Waals surface area contributed by atoms with Crippen molar-refractivity contribution in [1.82, 2.24) is 0 Å². The summed E-state index contributed by atoms with van der Waals surface area (Å²) in [4.78, 5) is 0. The van der Waals surface area contributed by atoms with Crippen LogP contribution < -0.4 is 0 Å². The van der Waals surface area contributed by atoms with Gasteiger partial charge in [0.1, 0.15) is 0 Å². The van der Waals surface area contributed by atoms with Crippen LogP contribution in [0.15, 0.2) is 12.7 Å². The van der Waals surface area contributed by atoms with Gasteiger partial charge in [0.15, 0.2) is 0 Å². The minimum atomic E-state index is 0.196. The minimum Gasteiger partial charge on any atom is -0.396 e. The van der Waals surface area contributed by atoms with Crippen LogP contribution in [0.5, 0.6) is 0 Å². The van der Waals surface area contributed by atoms with E-state index in [9.17, 15) is 0 Å². The average Bonchev–Trinajstić information content (AvgIpc) is 2.44. The Bertz CT molecular complexity index is 109. The van der Waals surface area contributed by atoms with E-state index in [0.717, 1.165) is 6.42 Å². The van der Waals surface area contributed by atoms with Crippen LogP contribution in [0.2, 0.25) is 0 Å². The predicted octanol–water partition coefficient (Wildman–Crippen LogP) is 1.19. The lowest BCUT2D eigenvalue weighted by Gasteiger charge is -2.00. The monoisotopic (exact) mass is 112 g/mol. The van der Waals surface area contributed by atoms with E-state index in [1.54, 1.807) is 0 Å². The normalized spacial score (nSPS) is 44.0. The highest BCUT2D eigenvalue weighted by atomic mass is 16.3. The molecule has 0 saturated heterocycles. The first-order chi connectivity index (χ1) is 3.73. The zero-order valence-corrected chi connectivity index (χ0v) is 5.22. The van der Waals surface area contributed by atoms with Crippen LogP contribution in [-0.2, 0) is 0 Å². The summed E-state index contributed by atoms with van der Waals surface area (Å²) in [7, 11) is 0. The Labute approximate surface area is 50.0 Å². The second kappa shape index (κ2) is 1.59. The first kappa shape index (κ1) is 5.83. The molecule has 0 unspecified atom stereocenters. The van der Waals surface area contributed by atoms with Gasteiger partial charge in [-0.3, -0.25) is 0 Å². The van der Waals surface area contributed by atoms with Crippen LogP contribution in [0, 0.1) is 11.3 Å². The summed E-state index contributed by atoms with van der Waals surface area (Å²) >= 11 is 0. The topological polar surface area (TPSA) is 20.2 Å². The van der Waals surface area contributed by atoms with E-state index in [1.807, 2.05) is 6.08 Å². The van der Waals surface area contributed by atoms with Gasteiger partial charge in [-0.25, -0.2) is 0 Å². The first-order valence-corrected chi connectivity index (χ1v) is 2.96. The highest BCUT2D eigenvalue weighted by Gasteiger charge is 2.47. The summed E-state index contributed by atoms with van der Waals surface area (Å²) in [6.45, 7) is 6.05. The molecule has 0 aromatic heterocycles. The lowest BCUT2D eigenvalue weighted by molar-refractivity contribution is 0.217. The van der Waals surface area contributed by atoms with Crippen molar-refractivity contribution in [2.24, 2.45) is 11.3 Å². The molecule has 0 aliphatic heterocycles. The fourth-order valence-corrected chi connectivity index (χ4v) is 0.993. The van der Waals surface area contributed by atoms with Crippen molar-refractivity contribution in [3.63, 3.8) is 0 Å². The number of hydrogen-bond donors (Lipinski definition) is 1. The number of aliphatic hydroxyl groups is 1. The highest BCUT2D eigenvalue weighted by Crippen LogP contribution is 2.52. The highest BCUT2D eigenvalue weighted by molar-refractivity contribution is 5.06. The van der Waals surface area contributed by atoms with Crippen LogP contribution in [0.1, 0.15) is 13.3 Å². The standard InChI is InChI=1S/C7H12O/c1-3-6-4-7(6,2)5-8/h3,6,8H,1,4-5H2,2H3/t6-,7+/m1/s1. The predicted molar refractivity (Wildman–Crippen MR) is 33.5 cm³/mol. The van der Waals surface area contributed by atoms with Gasteiger partial charge in [-0.15, -0.1) is 6.58 Å². The molecule has 8 heavy (non-hydrogen) atoms. The summed E-state index contributed by atoms with van der Waals surface area (Å²) < 4.78 is 0. The smallest absolute Gasteiger partial charge is 0.0490 e. The summed E-state index contributed by atoms with van der Waals surface area (Å²) in [6.07, 6.45) is 3.04. The van der Waals surface area contributed by atoms with Crippen molar-refractivity contribution in [3.8, 4) is 0 Å². The van der Waals surface area contributed by atoms with Crippen molar-refractivity contribution >= 4 is 0 Å². The fourth-order valence-electron chi connectivity index (χ4n) is 0.993. The quantitative estimate of drug-likeness (QED) is 0.532. The Hall–Kier alpha value is -0.300. The Morgan fingerprint density at radius 3 is 2.75 bits per heavy atom. The van der Waals surface area contributed by atoms with Crippen LogP contribution in [0.3, 0.4) is 0 Å². The molecule has 46 valence electrons. The average molecular weight is 112 g/mol. The lowest BCUT2D eigenvalue weighted by atomic mass is 10.1. The molecule has 0 radical (unpaired) electrons. The maximum atomic E-state index is 8.72. The van der Waals surface area contributed by atoms with E-state index in [1.165, 1.54) is 0 Å². The van der Waals surface area contributed by atoms with Crippen molar-refractivity contribution in [2.75, 3.05) is 6.61 Å². The maximum absolute atomic E-state index is 8.72. The van der Waals surface area contributed by atoms with Gasteiger partial charge in [0.25, 0.3) is 0 Å². The number of allylic oxidation sites excluding steroid dienone is 1. The summed E-state index contributed by atoms with van der Waals surface area (Å²) in [5.41, 5.74) is 0.196. The molecule has 1 N–H and O–H groups in total. The Balaban J connectivity index is 2.42.